The van der Waals surface area contributed by atoms with Crippen LogP contribution in [0.3, 0.4) is 0 Å². The first kappa shape index (κ1) is 11.8. The van der Waals surface area contributed by atoms with Crippen LogP contribution in [0, 0.1) is 0 Å². The molecule has 0 atom stereocenters. The van der Waals surface area contributed by atoms with Crippen LogP contribution in [0.5, 0.6) is 0 Å². The van der Waals surface area contributed by atoms with Crippen LogP contribution in [0.2, 0.25) is 0 Å². The summed E-state index contributed by atoms with van der Waals surface area (Å²) in [6.45, 7) is 1.18. The van der Waals surface area contributed by atoms with Gasteiger partial charge >= 0.3 is 0 Å². The van der Waals surface area contributed by atoms with Gasteiger partial charge in [0.05, 0.1) is 12.1 Å². The maximum atomic E-state index is 11.8. The van der Waals surface area contributed by atoms with Crippen molar-refractivity contribution < 1.29 is 4.79 Å². The predicted octanol–water partition coefficient (Wildman–Crippen LogP) is 1.47. The second kappa shape index (κ2) is 5.58. The highest BCUT2D eigenvalue weighted by Crippen LogP contribution is 2.11. The lowest BCUT2D eigenvalue weighted by molar-refractivity contribution is 0.0950. The third kappa shape index (κ3) is 3.13. The van der Waals surface area contributed by atoms with Crippen molar-refractivity contribution in [3.05, 3.63) is 47.0 Å². The second-order valence-electron chi connectivity index (χ2n) is 3.37. The van der Waals surface area contributed by atoms with Gasteiger partial charge in [-0.15, -0.1) is 0 Å². The Morgan fingerprint density at radius 1 is 1.41 bits per heavy atom. The molecular weight excluding hydrogens is 284 g/mol. The molecule has 2 aromatic heterocycles. The van der Waals surface area contributed by atoms with E-state index < -0.39 is 0 Å². The number of rotatable bonds is 4. The summed E-state index contributed by atoms with van der Waals surface area (Å²) >= 11 is 3.24. The van der Waals surface area contributed by atoms with Crippen molar-refractivity contribution in [2.45, 2.75) is 6.54 Å². The number of nitrogens with one attached hydrogen (secondary N) is 1. The maximum Gasteiger partial charge on any atom is 0.254 e. The molecule has 0 unspecified atom stereocenters. The van der Waals surface area contributed by atoms with Crippen LogP contribution in [-0.4, -0.2) is 27.2 Å². The van der Waals surface area contributed by atoms with Gasteiger partial charge in [0.25, 0.3) is 5.91 Å². The van der Waals surface area contributed by atoms with E-state index >= 15 is 0 Å². The molecule has 0 radical (unpaired) electrons. The van der Waals surface area contributed by atoms with E-state index in [2.05, 4.69) is 31.3 Å². The van der Waals surface area contributed by atoms with E-state index in [0.717, 1.165) is 0 Å². The molecule has 0 aliphatic rings. The molecule has 0 aromatic carbocycles. The summed E-state index contributed by atoms with van der Waals surface area (Å²) < 4.78 is 2.31. The standard InChI is InChI=1S/C11H11BrN4O/c12-10-9(3-1-4-13-10)11(17)14-6-8-16-7-2-5-15-16/h1-5,7H,6,8H2,(H,14,17). The van der Waals surface area contributed by atoms with E-state index in [1.807, 2.05) is 12.3 Å². The van der Waals surface area contributed by atoms with Gasteiger partial charge in [-0.3, -0.25) is 9.48 Å². The third-order valence-electron chi connectivity index (χ3n) is 2.19. The van der Waals surface area contributed by atoms with E-state index in [0.29, 0.717) is 23.3 Å². The molecule has 0 bridgehead atoms. The quantitative estimate of drug-likeness (QED) is 0.869. The monoisotopic (exact) mass is 294 g/mol. The summed E-state index contributed by atoms with van der Waals surface area (Å²) in [7, 11) is 0. The molecule has 88 valence electrons. The van der Waals surface area contributed by atoms with Crippen LogP contribution < -0.4 is 5.32 Å². The first-order valence-corrected chi connectivity index (χ1v) is 5.93. The van der Waals surface area contributed by atoms with Crippen LogP contribution >= 0.6 is 15.9 Å². The highest BCUT2D eigenvalue weighted by Gasteiger charge is 2.08. The van der Waals surface area contributed by atoms with E-state index in [4.69, 9.17) is 0 Å². The summed E-state index contributed by atoms with van der Waals surface area (Å²) in [5, 5.41) is 6.86. The number of aromatic nitrogens is 3. The number of pyridine rings is 1. The van der Waals surface area contributed by atoms with Crippen molar-refractivity contribution in [2.75, 3.05) is 6.54 Å². The van der Waals surface area contributed by atoms with Gasteiger partial charge in [0.15, 0.2) is 0 Å². The molecular formula is C11H11BrN4O. The van der Waals surface area contributed by atoms with Gasteiger partial charge < -0.3 is 5.32 Å². The Bertz CT molecular complexity index is 498. The lowest BCUT2D eigenvalue weighted by Crippen LogP contribution is -2.27. The fraction of sp³-hybridized carbons (Fsp3) is 0.182. The van der Waals surface area contributed by atoms with Crippen molar-refractivity contribution in [1.82, 2.24) is 20.1 Å². The van der Waals surface area contributed by atoms with Crippen molar-refractivity contribution in [3.63, 3.8) is 0 Å². The van der Waals surface area contributed by atoms with Crippen LogP contribution in [0.25, 0.3) is 0 Å². The molecule has 2 rings (SSSR count). The van der Waals surface area contributed by atoms with Crippen molar-refractivity contribution in [3.8, 4) is 0 Å². The minimum atomic E-state index is -0.142. The largest absolute Gasteiger partial charge is 0.350 e. The molecule has 5 nitrogen and oxygen atoms in total. The fourth-order valence-corrected chi connectivity index (χ4v) is 1.80. The zero-order valence-corrected chi connectivity index (χ0v) is 10.6. The minimum absolute atomic E-state index is 0.142. The summed E-state index contributed by atoms with van der Waals surface area (Å²) in [6, 6.07) is 5.30. The Morgan fingerprint density at radius 2 is 2.29 bits per heavy atom. The summed E-state index contributed by atoms with van der Waals surface area (Å²) in [5.74, 6) is -0.142. The summed E-state index contributed by atoms with van der Waals surface area (Å²) in [4.78, 5) is 15.8. The lowest BCUT2D eigenvalue weighted by Gasteiger charge is -2.06. The topological polar surface area (TPSA) is 59.8 Å². The zero-order valence-electron chi connectivity index (χ0n) is 9.01. The Morgan fingerprint density at radius 3 is 3.00 bits per heavy atom. The fourth-order valence-electron chi connectivity index (χ4n) is 1.37. The Kier molecular flexibility index (Phi) is 3.87. The average molecular weight is 295 g/mol. The number of hydrogen-bond acceptors (Lipinski definition) is 3. The van der Waals surface area contributed by atoms with E-state index in [-0.39, 0.29) is 5.91 Å². The Labute approximate surface area is 107 Å². The molecule has 0 saturated heterocycles. The summed E-state index contributed by atoms with van der Waals surface area (Å²) in [5.41, 5.74) is 0.535. The molecule has 2 heterocycles. The van der Waals surface area contributed by atoms with Gasteiger partial charge in [0.2, 0.25) is 0 Å². The highest BCUT2D eigenvalue weighted by molar-refractivity contribution is 9.10. The predicted molar refractivity (Wildman–Crippen MR) is 66.5 cm³/mol. The molecule has 0 aliphatic carbocycles. The molecule has 0 spiro atoms. The Balaban J connectivity index is 1.88. The smallest absolute Gasteiger partial charge is 0.254 e. The van der Waals surface area contributed by atoms with E-state index in [9.17, 15) is 4.79 Å². The number of amides is 1. The van der Waals surface area contributed by atoms with Crippen molar-refractivity contribution in [2.24, 2.45) is 0 Å². The highest BCUT2D eigenvalue weighted by atomic mass is 79.9. The SMILES string of the molecule is O=C(NCCn1cccn1)c1cccnc1Br. The molecule has 1 amide bonds. The normalized spacial score (nSPS) is 10.2. The molecule has 2 aromatic rings. The molecule has 1 N–H and O–H groups in total. The van der Waals surface area contributed by atoms with Crippen LogP contribution in [0.1, 0.15) is 10.4 Å². The van der Waals surface area contributed by atoms with Gasteiger partial charge in [-0.2, -0.15) is 5.10 Å². The lowest BCUT2D eigenvalue weighted by atomic mass is 10.3. The van der Waals surface area contributed by atoms with Crippen LogP contribution in [-0.2, 0) is 6.54 Å². The zero-order chi connectivity index (χ0) is 12.1. The van der Waals surface area contributed by atoms with Gasteiger partial charge in [0.1, 0.15) is 4.60 Å². The number of halogens is 1. The average Bonchev–Trinajstić information content (AvgIpc) is 2.82. The van der Waals surface area contributed by atoms with Gasteiger partial charge in [-0.1, -0.05) is 0 Å². The number of hydrogen-bond donors (Lipinski definition) is 1. The van der Waals surface area contributed by atoms with E-state index in [1.165, 1.54) is 0 Å². The number of nitrogens with zero attached hydrogens (tertiary/aromatic N) is 3. The van der Waals surface area contributed by atoms with Gasteiger partial charge in [0, 0.05) is 25.1 Å². The van der Waals surface area contributed by atoms with Gasteiger partial charge in [-0.05, 0) is 34.1 Å². The van der Waals surface area contributed by atoms with Crippen molar-refractivity contribution in [1.29, 1.82) is 0 Å². The molecule has 0 saturated carbocycles. The maximum absolute atomic E-state index is 11.8. The van der Waals surface area contributed by atoms with Crippen molar-refractivity contribution >= 4 is 21.8 Å². The molecule has 0 aliphatic heterocycles. The third-order valence-corrected chi connectivity index (χ3v) is 2.82. The van der Waals surface area contributed by atoms with E-state index in [1.54, 1.807) is 29.2 Å². The molecule has 6 heteroatoms. The minimum Gasteiger partial charge on any atom is -0.350 e. The molecule has 0 fully saturated rings. The van der Waals surface area contributed by atoms with Gasteiger partial charge in [-0.25, -0.2) is 4.98 Å². The first-order valence-electron chi connectivity index (χ1n) is 5.13. The number of carbonyl (C=O) groups is 1. The molecule has 17 heavy (non-hydrogen) atoms. The Hall–Kier alpha value is -1.69. The van der Waals surface area contributed by atoms with Crippen LogP contribution in [0.15, 0.2) is 41.4 Å². The first-order chi connectivity index (χ1) is 8.27. The number of carbonyl (C=O) groups excluding carboxylic acids is 1. The van der Waals surface area contributed by atoms with Crippen LogP contribution in [0.4, 0.5) is 0 Å². The summed E-state index contributed by atoms with van der Waals surface area (Å²) in [6.07, 6.45) is 5.19. The second-order valence-corrected chi connectivity index (χ2v) is 4.12.